The van der Waals surface area contributed by atoms with Crippen molar-refractivity contribution in [3.8, 4) is 0 Å². The molecule has 0 spiro atoms. The van der Waals surface area contributed by atoms with Crippen molar-refractivity contribution in [1.29, 1.82) is 0 Å². The predicted octanol–water partition coefficient (Wildman–Crippen LogP) is 4.38. The summed E-state index contributed by atoms with van der Waals surface area (Å²) in [5.74, 6) is 1.50. The molecule has 1 saturated carbocycles. The van der Waals surface area contributed by atoms with Gasteiger partial charge in [0.15, 0.2) is 0 Å². The highest BCUT2D eigenvalue weighted by Gasteiger charge is 2.26. The quantitative estimate of drug-likeness (QED) is 0.749. The lowest BCUT2D eigenvalue weighted by Crippen LogP contribution is -2.41. The zero-order valence-corrected chi connectivity index (χ0v) is 11.8. The Labute approximate surface area is 117 Å². The van der Waals surface area contributed by atoms with Gasteiger partial charge in [0, 0.05) is 24.7 Å². The molecule has 2 nitrogen and oxygen atoms in total. The Bertz CT molecular complexity index is 380. The van der Waals surface area contributed by atoms with Crippen LogP contribution in [0.25, 0.3) is 0 Å². The zero-order chi connectivity index (χ0) is 12.3. The Morgan fingerprint density at radius 2 is 2.12 bits per heavy atom. The molecule has 1 aliphatic carbocycles. The van der Waals surface area contributed by atoms with E-state index in [2.05, 4.69) is 9.88 Å². The smallest absolute Gasteiger partial charge is 0.147 e. The third kappa shape index (κ3) is 3.18. The van der Waals surface area contributed by atoms with Gasteiger partial charge in [0.1, 0.15) is 5.82 Å². The molecule has 1 aromatic rings. The fourth-order valence-electron chi connectivity index (χ4n) is 2.01. The molecule has 0 unspecified atom stereocenters. The lowest BCUT2D eigenvalue weighted by atomic mass is 9.91. The molecule has 1 fully saturated rings. The van der Waals surface area contributed by atoms with Crippen LogP contribution in [-0.4, -0.2) is 23.5 Å². The minimum absolute atomic E-state index is 0.560. The molecule has 0 radical (unpaired) electrons. The first-order chi connectivity index (χ1) is 8.22. The summed E-state index contributed by atoms with van der Waals surface area (Å²) in [5.41, 5.74) is 0. The molecule has 2 rings (SSSR count). The normalized spacial score (nSPS) is 15.7. The van der Waals surface area contributed by atoms with Crippen molar-refractivity contribution in [2.45, 2.75) is 31.7 Å². The molecule has 94 valence electrons. The van der Waals surface area contributed by atoms with E-state index in [1.54, 1.807) is 12.3 Å². The van der Waals surface area contributed by atoms with Crippen molar-refractivity contribution in [3.63, 3.8) is 0 Å². The first-order valence-electron chi connectivity index (χ1n) is 5.86. The Morgan fingerprint density at radius 1 is 1.35 bits per heavy atom. The Kier molecular flexibility index (Phi) is 4.78. The van der Waals surface area contributed by atoms with E-state index in [9.17, 15) is 0 Å². The maximum atomic E-state index is 6.21. The molecule has 0 amide bonds. The Hall–Kier alpha value is -0.180. The summed E-state index contributed by atoms with van der Waals surface area (Å²) in [7, 11) is 0. The van der Waals surface area contributed by atoms with Crippen LogP contribution in [0.5, 0.6) is 0 Å². The second-order valence-corrected chi connectivity index (χ2v) is 5.50. The monoisotopic (exact) mass is 292 g/mol. The van der Waals surface area contributed by atoms with E-state index < -0.39 is 0 Å². The van der Waals surface area contributed by atoms with Gasteiger partial charge >= 0.3 is 0 Å². The third-order valence-electron chi connectivity index (χ3n) is 3.11. The molecular formula is C12H15Cl3N2. The van der Waals surface area contributed by atoms with E-state index in [1.165, 1.54) is 19.3 Å². The molecule has 0 aromatic carbocycles. The molecule has 1 aliphatic rings. The molecule has 0 saturated heterocycles. The Balaban J connectivity index is 2.17. The fraction of sp³-hybridized carbons (Fsp3) is 0.583. The molecule has 0 atom stereocenters. The van der Waals surface area contributed by atoms with Crippen LogP contribution >= 0.6 is 34.8 Å². The number of halogens is 3. The molecule has 0 aliphatic heterocycles. The van der Waals surface area contributed by atoms with Crippen LogP contribution in [0.2, 0.25) is 10.0 Å². The van der Waals surface area contributed by atoms with Crippen LogP contribution in [0, 0.1) is 0 Å². The average Bonchev–Trinajstić information content (AvgIpc) is 2.22. The van der Waals surface area contributed by atoms with Gasteiger partial charge in [-0.15, -0.1) is 11.6 Å². The van der Waals surface area contributed by atoms with E-state index in [0.29, 0.717) is 22.0 Å². The van der Waals surface area contributed by atoms with Crippen LogP contribution in [0.1, 0.15) is 25.7 Å². The van der Waals surface area contributed by atoms with E-state index >= 15 is 0 Å². The zero-order valence-electron chi connectivity index (χ0n) is 9.50. The van der Waals surface area contributed by atoms with E-state index in [1.807, 2.05) is 0 Å². The minimum atomic E-state index is 0.560. The number of aromatic nitrogens is 1. The van der Waals surface area contributed by atoms with Crippen molar-refractivity contribution < 1.29 is 0 Å². The van der Waals surface area contributed by atoms with Crippen molar-refractivity contribution in [2.24, 2.45) is 0 Å². The number of hydrogen-bond acceptors (Lipinski definition) is 2. The second kappa shape index (κ2) is 6.12. The van der Waals surface area contributed by atoms with Crippen LogP contribution in [0.15, 0.2) is 12.3 Å². The SMILES string of the molecule is ClCCCN(c1ncc(Cl)cc1Cl)C1CCC1. The van der Waals surface area contributed by atoms with Crippen molar-refractivity contribution in [1.82, 2.24) is 4.98 Å². The molecule has 1 aromatic heterocycles. The van der Waals surface area contributed by atoms with Gasteiger partial charge < -0.3 is 4.90 Å². The fourth-order valence-corrected chi connectivity index (χ4v) is 2.62. The summed E-state index contributed by atoms with van der Waals surface area (Å²) in [6.07, 6.45) is 6.30. The number of pyridine rings is 1. The summed E-state index contributed by atoms with van der Waals surface area (Å²) in [4.78, 5) is 6.62. The largest absolute Gasteiger partial charge is 0.352 e. The van der Waals surface area contributed by atoms with Gasteiger partial charge in [0.2, 0.25) is 0 Å². The molecule has 17 heavy (non-hydrogen) atoms. The van der Waals surface area contributed by atoms with Crippen molar-refractivity contribution in [3.05, 3.63) is 22.3 Å². The number of anilines is 1. The Morgan fingerprint density at radius 3 is 2.65 bits per heavy atom. The summed E-state index contributed by atoms with van der Waals surface area (Å²) < 4.78 is 0. The molecule has 0 bridgehead atoms. The highest BCUT2D eigenvalue weighted by molar-refractivity contribution is 6.36. The number of alkyl halides is 1. The van der Waals surface area contributed by atoms with E-state index in [4.69, 9.17) is 34.8 Å². The van der Waals surface area contributed by atoms with Crippen LogP contribution in [-0.2, 0) is 0 Å². The van der Waals surface area contributed by atoms with E-state index in [-0.39, 0.29) is 0 Å². The van der Waals surface area contributed by atoms with Gasteiger partial charge in [-0.25, -0.2) is 4.98 Å². The summed E-state index contributed by atoms with van der Waals surface area (Å²) in [6, 6.07) is 2.31. The standard InChI is InChI=1S/C12H15Cl3N2/c13-5-2-6-17(10-3-1-4-10)12-11(15)7-9(14)8-16-12/h7-8,10H,1-6H2. The van der Waals surface area contributed by atoms with Crippen molar-refractivity contribution in [2.75, 3.05) is 17.3 Å². The summed E-state index contributed by atoms with van der Waals surface area (Å²) in [5, 5.41) is 1.20. The predicted molar refractivity (Wildman–Crippen MR) is 74.6 cm³/mol. The third-order valence-corrected chi connectivity index (χ3v) is 3.86. The van der Waals surface area contributed by atoms with Gasteiger partial charge in [0.05, 0.1) is 10.0 Å². The molecular weight excluding hydrogens is 279 g/mol. The highest BCUT2D eigenvalue weighted by Crippen LogP contribution is 2.33. The van der Waals surface area contributed by atoms with Crippen molar-refractivity contribution >= 4 is 40.6 Å². The van der Waals surface area contributed by atoms with Gasteiger partial charge in [-0.05, 0) is 31.7 Å². The molecule has 5 heteroatoms. The second-order valence-electron chi connectivity index (χ2n) is 4.28. The number of nitrogens with zero attached hydrogens (tertiary/aromatic N) is 2. The van der Waals surface area contributed by atoms with Crippen LogP contribution in [0.4, 0.5) is 5.82 Å². The maximum absolute atomic E-state index is 6.21. The summed E-state index contributed by atoms with van der Waals surface area (Å²) in [6.45, 7) is 0.905. The van der Waals surface area contributed by atoms with Crippen LogP contribution in [0.3, 0.4) is 0 Å². The van der Waals surface area contributed by atoms with Gasteiger partial charge in [-0.1, -0.05) is 23.2 Å². The first-order valence-corrected chi connectivity index (χ1v) is 7.15. The maximum Gasteiger partial charge on any atom is 0.147 e. The van der Waals surface area contributed by atoms with Gasteiger partial charge in [0.25, 0.3) is 0 Å². The molecule has 0 N–H and O–H groups in total. The topological polar surface area (TPSA) is 16.1 Å². The number of rotatable bonds is 5. The average molecular weight is 294 g/mol. The summed E-state index contributed by atoms with van der Waals surface area (Å²) >= 11 is 17.8. The number of hydrogen-bond donors (Lipinski definition) is 0. The van der Waals surface area contributed by atoms with Gasteiger partial charge in [-0.2, -0.15) is 0 Å². The highest BCUT2D eigenvalue weighted by atomic mass is 35.5. The van der Waals surface area contributed by atoms with Gasteiger partial charge in [-0.3, -0.25) is 0 Å². The first kappa shape index (κ1) is 13.3. The lowest BCUT2D eigenvalue weighted by molar-refractivity contribution is 0.384. The lowest BCUT2D eigenvalue weighted by Gasteiger charge is -2.38. The minimum Gasteiger partial charge on any atom is -0.352 e. The van der Waals surface area contributed by atoms with E-state index in [0.717, 1.165) is 18.8 Å². The molecule has 1 heterocycles. The van der Waals surface area contributed by atoms with Crippen LogP contribution < -0.4 is 4.90 Å².